The summed E-state index contributed by atoms with van der Waals surface area (Å²) in [4.78, 5) is 20.7. The highest BCUT2D eigenvalue weighted by molar-refractivity contribution is 5.94. The predicted molar refractivity (Wildman–Crippen MR) is 140 cm³/mol. The van der Waals surface area contributed by atoms with E-state index in [9.17, 15) is 4.79 Å². The van der Waals surface area contributed by atoms with Crippen molar-refractivity contribution in [1.82, 2.24) is 19.8 Å². The molecule has 5 heteroatoms. The highest BCUT2D eigenvalue weighted by Gasteiger charge is 2.26. The van der Waals surface area contributed by atoms with Gasteiger partial charge in [-0.2, -0.15) is 0 Å². The minimum Gasteiger partial charge on any atom is -0.331 e. The molecule has 0 aliphatic heterocycles. The van der Waals surface area contributed by atoms with E-state index >= 15 is 0 Å². The van der Waals surface area contributed by atoms with Crippen LogP contribution >= 0.6 is 0 Å². The van der Waals surface area contributed by atoms with Crippen LogP contribution in [-0.4, -0.2) is 32.4 Å². The summed E-state index contributed by atoms with van der Waals surface area (Å²) in [6, 6.07) is 16.4. The summed E-state index contributed by atoms with van der Waals surface area (Å²) in [5.41, 5.74) is 4.11. The fourth-order valence-corrected chi connectivity index (χ4v) is 4.21. The average Bonchev–Trinajstić information content (AvgIpc) is 3.55. The first-order valence-electron chi connectivity index (χ1n) is 12.8. The van der Waals surface area contributed by atoms with Crippen LogP contribution in [0.15, 0.2) is 48.5 Å². The summed E-state index contributed by atoms with van der Waals surface area (Å²) in [7, 11) is 0. The van der Waals surface area contributed by atoms with Gasteiger partial charge in [0.2, 0.25) is 0 Å². The van der Waals surface area contributed by atoms with Gasteiger partial charge in [0, 0.05) is 30.7 Å². The van der Waals surface area contributed by atoms with Gasteiger partial charge in [0.05, 0.1) is 17.6 Å². The molecule has 1 aliphatic rings. The van der Waals surface area contributed by atoms with Gasteiger partial charge < -0.3 is 14.8 Å². The van der Waals surface area contributed by atoms with Gasteiger partial charge in [-0.1, -0.05) is 38.1 Å². The lowest BCUT2D eigenvalue weighted by Crippen LogP contribution is -2.35. The van der Waals surface area contributed by atoms with Gasteiger partial charge in [0.1, 0.15) is 5.82 Å². The predicted octanol–water partition coefficient (Wildman–Crippen LogP) is 6.02. The van der Waals surface area contributed by atoms with Crippen molar-refractivity contribution in [2.24, 2.45) is 11.8 Å². The highest BCUT2D eigenvalue weighted by Crippen LogP contribution is 2.32. The first kappa shape index (κ1) is 24.5. The number of rotatable bonds is 10. The Balaban J connectivity index is 1.59. The number of para-hydroxylation sites is 2. The smallest absolute Gasteiger partial charge is 0.254 e. The van der Waals surface area contributed by atoms with Crippen molar-refractivity contribution in [1.29, 1.82) is 0 Å². The Bertz CT molecular complexity index is 1120. The minimum atomic E-state index is 0.0317. The van der Waals surface area contributed by atoms with Gasteiger partial charge >= 0.3 is 0 Å². The standard InChI is InChI=1S/C29H40N4O/c1-21(2)15-16-32(28(34)24-10-8-9-23(17-24)18-30-29(3,4)5)20-27-31-25-11-6-7-12-26(25)33(27)19-22-13-14-22/h6-12,17,21-22,30H,13-16,18-20H2,1-5H3. The van der Waals surface area contributed by atoms with Crippen molar-refractivity contribution < 1.29 is 4.79 Å². The lowest BCUT2D eigenvalue weighted by atomic mass is 10.1. The van der Waals surface area contributed by atoms with Crippen molar-refractivity contribution in [3.63, 3.8) is 0 Å². The van der Waals surface area contributed by atoms with Crippen LogP contribution in [0.3, 0.4) is 0 Å². The molecule has 1 heterocycles. The number of aromatic nitrogens is 2. The Morgan fingerprint density at radius 2 is 1.91 bits per heavy atom. The molecule has 182 valence electrons. The van der Waals surface area contributed by atoms with E-state index in [0.717, 1.165) is 54.4 Å². The third-order valence-corrected chi connectivity index (χ3v) is 6.46. The zero-order valence-electron chi connectivity index (χ0n) is 21.5. The van der Waals surface area contributed by atoms with E-state index in [1.165, 1.54) is 18.4 Å². The number of fused-ring (bicyclic) bond motifs is 1. The van der Waals surface area contributed by atoms with E-state index in [0.29, 0.717) is 12.5 Å². The molecule has 1 saturated carbocycles. The van der Waals surface area contributed by atoms with Gasteiger partial charge in [0.15, 0.2) is 0 Å². The Morgan fingerprint density at radius 3 is 2.62 bits per heavy atom. The van der Waals surface area contributed by atoms with Crippen molar-refractivity contribution in [2.45, 2.75) is 79.1 Å². The SMILES string of the molecule is CC(C)CCN(Cc1nc2ccccc2n1CC1CC1)C(=O)c1cccc(CNC(C)(C)C)c1. The molecule has 0 spiro atoms. The Hall–Kier alpha value is -2.66. The second-order valence-corrected chi connectivity index (χ2v) is 11.3. The lowest BCUT2D eigenvalue weighted by molar-refractivity contribution is 0.0729. The summed E-state index contributed by atoms with van der Waals surface area (Å²) >= 11 is 0. The normalized spacial score (nSPS) is 14.2. The molecule has 2 aromatic carbocycles. The van der Waals surface area contributed by atoms with E-state index in [2.05, 4.69) is 68.8 Å². The summed E-state index contributed by atoms with van der Waals surface area (Å²) < 4.78 is 2.35. The number of benzene rings is 2. The molecule has 0 atom stereocenters. The molecule has 3 aromatic rings. The van der Waals surface area contributed by atoms with Gasteiger partial charge in [0.25, 0.3) is 5.91 Å². The molecule has 1 amide bonds. The van der Waals surface area contributed by atoms with E-state index < -0.39 is 0 Å². The molecule has 1 fully saturated rings. The average molecular weight is 461 g/mol. The largest absolute Gasteiger partial charge is 0.331 e. The van der Waals surface area contributed by atoms with Crippen LogP contribution in [0.1, 0.15) is 75.6 Å². The fraction of sp³-hybridized carbons (Fsp3) is 0.517. The van der Waals surface area contributed by atoms with Gasteiger partial charge in [-0.25, -0.2) is 4.98 Å². The van der Waals surface area contributed by atoms with E-state index in [-0.39, 0.29) is 11.4 Å². The maximum atomic E-state index is 13.7. The molecular formula is C29H40N4O. The molecular weight excluding hydrogens is 420 g/mol. The number of hydrogen-bond acceptors (Lipinski definition) is 3. The lowest BCUT2D eigenvalue weighted by Gasteiger charge is -2.25. The van der Waals surface area contributed by atoms with E-state index in [1.807, 2.05) is 29.2 Å². The fourth-order valence-electron chi connectivity index (χ4n) is 4.21. The quantitative estimate of drug-likeness (QED) is 0.402. The Labute approximate surface area is 204 Å². The van der Waals surface area contributed by atoms with E-state index in [1.54, 1.807) is 0 Å². The number of amides is 1. The van der Waals surface area contributed by atoms with Crippen molar-refractivity contribution in [2.75, 3.05) is 6.54 Å². The third kappa shape index (κ3) is 6.47. The first-order chi connectivity index (χ1) is 16.2. The molecule has 1 aliphatic carbocycles. The zero-order chi connectivity index (χ0) is 24.3. The number of nitrogens with one attached hydrogen (secondary N) is 1. The molecule has 4 rings (SSSR count). The van der Waals surface area contributed by atoms with Crippen molar-refractivity contribution in [3.8, 4) is 0 Å². The molecule has 34 heavy (non-hydrogen) atoms. The molecule has 1 N–H and O–H groups in total. The summed E-state index contributed by atoms with van der Waals surface area (Å²) in [5, 5.41) is 3.52. The summed E-state index contributed by atoms with van der Waals surface area (Å²) in [6.07, 6.45) is 3.55. The number of imidazole rings is 1. The van der Waals surface area contributed by atoms with Crippen LogP contribution in [0.25, 0.3) is 11.0 Å². The number of hydrogen-bond donors (Lipinski definition) is 1. The van der Waals surface area contributed by atoms with Gasteiger partial charge in [-0.05, 0) is 81.7 Å². The van der Waals surface area contributed by atoms with Crippen LogP contribution in [0.5, 0.6) is 0 Å². The van der Waals surface area contributed by atoms with Crippen LogP contribution in [-0.2, 0) is 19.6 Å². The maximum absolute atomic E-state index is 13.7. The second-order valence-electron chi connectivity index (χ2n) is 11.3. The third-order valence-electron chi connectivity index (χ3n) is 6.46. The summed E-state index contributed by atoms with van der Waals surface area (Å²) in [5.74, 6) is 2.35. The first-order valence-corrected chi connectivity index (χ1v) is 12.8. The van der Waals surface area contributed by atoms with Crippen LogP contribution in [0.4, 0.5) is 0 Å². The molecule has 0 saturated heterocycles. The molecule has 0 radical (unpaired) electrons. The van der Waals surface area contributed by atoms with Crippen LogP contribution in [0, 0.1) is 11.8 Å². The van der Waals surface area contributed by atoms with Gasteiger partial charge in [-0.3, -0.25) is 4.79 Å². The zero-order valence-corrected chi connectivity index (χ0v) is 21.5. The van der Waals surface area contributed by atoms with Gasteiger partial charge in [-0.15, -0.1) is 0 Å². The van der Waals surface area contributed by atoms with Crippen LogP contribution < -0.4 is 5.32 Å². The summed E-state index contributed by atoms with van der Waals surface area (Å²) in [6.45, 7) is 13.9. The number of carbonyl (C=O) groups excluding carboxylic acids is 1. The topological polar surface area (TPSA) is 50.2 Å². The van der Waals surface area contributed by atoms with Crippen molar-refractivity contribution >= 4 is 16.9 Å². The van der Waals surface area contributed by atoms with Crippen molar-refractivity contribution in [3.05, 3.63) is 65.5 Å². The number of carbonyl (C=O) groups is 1. The second kappa shape index (κ2) is 10.3. The highest BCUT2D eigenvalue weighted by atomic mass is 16.2. The molecule has 1 aromatic heterocycles. The maximum Gasteiger partial charge on any atom is 0.254 e. The molecule has 5 nitrogen and oxygen atoms in total. The minimum absolute atomic E-state index is 0.0317. The number of nitrogens with zero attached hydrogens (tertiary/aromatic N) is 3. The molecule has 0 bridgehead atoms. The van der Waals surface area contributed by atoms with E-state index in [4.69, 9.17) is 4.98 Å². The Kier molecular flexibility index (Phi) is 7.42. The molecule has 0 unspecified atom stereocenters. The monoisotopic (exact) mass is 460 g/mol. The Morgan fingerprint density at radius 1 is 1.15 bits per heavy atom. The van der Waals surface area contributed by atoms with Crippen LogP contribution in [0.2, 0.25) is 0 Å².